The van der Waals surface area contributed by atoms with Gasteiger partial charge in [-0.2, -0.15) is 0 Å². The third-order valence-corrected chi connectivity index (χ3v) is 6.34. The number of benzene rings is 1. The maximum atomic E-state index is 13.2. The van der Waals surface area contributed by atoms with Crippen molar-refractivity contribution in [1.29, 1.82) is 0 Å². The number of aryl methyl sites for hydroxylation is 2. The zero-order chi connectivity index (χ0) is 22.8. The summed E-state index contributed by atoms with van der Waals surface area (Å²) in [6.45, 7) is 6.83. The number of unbranched alkanes of at least 4 members (excludes halogenated alkanes) is 2. The monoisotopic (exact) mass is 442 g/mol. The zero-order valence-corrected chi connectivity index (χ0v) is 19.1. The van der Waals surface area contributed by atoms with Crippen LogP contribution in [0.3, 0.4) is 0 Å². The van der Waals surface area contributed by atoms with Gasteiger partial charge in [-0.1, -0.05) is 19.8 Å². The van der Waals surface area contributed by atoms with E-state index in [1.165, 1.54) is 23.7 Å². The molecule has 1 saturated heterocycles. The number of rotatable bonds is 7. The molecule has 1 aliphatic rings. The van der Waals surface area contributed by atoms with Crippen molar-refractivity contribution in [2.75, 3.05) is 31.1 Å². The Hall–Kier alpha value is -2.94. The average molecular weight is 443 g/mol. The lowest BCUT2D eigenvalue weighted by Crippen LogP contribution is -2.46. The summed E-state index contributed by atoms with van der Waals surface area (Å²) < 4.78 is 17.9. The van der Waals surface area contributed by atoms with E-state index in [9.17, 15) is 14.0 Å². The van der Waals surface area contributed by atoms with Gasteiger partial charge in [-0.25, -0.2) is 14.2 Å². The van der Waals surface area contributed by atoms with Gasteiger partial charge >= 0.3 is 5.69 Å². The van der Waals surface area contributed by atoms with Crippen molar-refractivity contribution in [1.82, 2.24) is 23.6 Å². The van der Waals surface area contributed by atoms with E-state index in [1.807, 2.05) is 16.7 Å². The molecule has 1 aliphatic heterocycles. The highest BCUT2D eigenvalue weighted by atomic mass is 19.1. The summed E-state index contributed by atoms with van der Waals surface area (Å²) in [5.41, 5.74) is 1.33. The molecule has 0 unspecified atom stereocenters. The van der Waals surface area contributed by atoms with E-state index >= 15 is 0 Å². The first kappa shape index (κ1) is 22.3. The van der Waals surface area contributed by atoms with E-state index in [1.54, 1.807) is 7.05 Å². The van der Waals surface area contributed by atoms with E-state index in [4.69, 9.17) is 4.98 Å². The molecule has 4 rings (SSSR count). The van der Waals surface area contributed by atoms with Gasteiger partial charge in [0.05, 0.1) is 6.54 Å². The normalized spacial score (nSPS) is 15.1. The molecular formula is C23H31FN6O2. The van der Waals surface area contributed by atoms with Crippen LogP contribution in [0.25, 0.3) is 11.2 Å². The van der Waals surface area contributed by atoms with Crippen molar-refractivity contribution < 1.29 is 4.39 Å². The summed E-state index contributed by atoms with van der Waals surface area (Å²) in [5, 5.41) is 0. The summed E-state index contributed by atoms with van der Waals surface area (Å²) in [6.07, 6.45) is 3.12. The molecule has 9 heteroatoms. The predicted molar refractivity (Wildman–Crippen MR) is 124 cm³/mol. The molecule has 0 spiro atoms. The molecule has 1 aromatic carbocycles. The van der Waals surface area contributed by atoms with Crippen LogP contribution in [0.15, 0.2) is 33.9 Å². The Bertz CT molecular complexity index is 1200. The highest BCUT2D eigenvalue weighted by Crippen LogP contribution is 2.19. The number of hydrogen-bond donors (Lipinski definition) is 0. The lowest BCUT2D eigenvalue weighted by Gasteiger charge is -2.36. The van der Waals surface area contributed by atoms with Gasteiger partial charge in [0.15, 0.2) is 11.2 Å². The lowest BCUT2D eigenvalue weighted by atomic mass is 10.2. The van der Waals surface area contributed by atoms with Gasteiger partial charge in [0.25, 0.3) is 5.56 Å². The van der Waals surface area contributed by atoms with Crippen LogP contribution < -0.4 is 16.1 Å². The molecule has 0 amide bonds. The van der Waals surface area contributed by atoms with E-state index in [0.717, 1.165) is 61.5 Å². The predicted octanol–water partition coefficient (Wildman–Crippen LogP) is 2.09. The topological polar surface area (TPSA) is 68.3 Å². The second-order valence-corrected chi connectivity index (χ2v) is 8.50. The molecule has 0 atom stereocenters. The van der Waals surface area contributed by atoms with Crippen LogP contribution in [-0.4, -0.2) is 49.8 Å². The molecule has 8 nitrogen and oxygen atoms in total. The van der Waals surface area contributed by atoms with Crippen molar-refractivity contribution in [2.24, 2.45) is 14.1 Å². The Morgan fingerprint density at radius 1 is 0.969 bits per heavy atom. The largest absolute Gasteiger partial charge is 0.369 e. The fourth-order valence-electron chi connectivity index (χ4n) is 4.39. The van der Waals surface area contributed by atoms with Crippen molar-refractivity contribution in [2.45, 2.75) is 39.3 Å². The molecular weight excluding hydrogens is 411 g/mol. The number of fused-ring (bicyclic) bond motifs is 1. The fraction of sp³-hybridized carbons (Fsp3) is 0.522. The first-order valence-corrected chi connectivity index (χ1v) is 11.3. The molecule has 172 valence electrons. The van der Waals surface area contributed by atoms with Gasteiger partial charge in [0.1, 0.15) is 11.6 Å². The van der Waals surface area contributed by atoms with E-state index in [0.29, 0.717) is 24.3 Å². The molecule has 32 heavy (non-hydrogen) atoms. The van der Waals surface area contributed by atoms with Crippen LogP contribution in [0.2, 0.25) is 0 Å². The Morgan fingerprint density at radius 3 is 2.31 bits per heavy atom. The average Bonchev–Trinajstić information content (AvgIpc) is 3.16. The molecule has 3 aromatic rings. The van der Waals surface area contributed by atoms with Crippen molar-refractivity contribution in [3.05, 3.63) is 56.7 Å². The summed E-state index contributed by atoms with van der Waals surface area (Å²) in [7, 11) is 3.18. The minimum absolute atomic E-state index is 0.227. The zero-order valence-electron chi connectivity index (χ0n) is 19.1. The van der Waals surface area contributed by atoms with Gasteiger partial charge in [-0.05, 0) is 30.7 Å². The van der Waals surface area contributed by atoms with Gasteiger partial charge in [0, 0.05) is 52.5 Å². The maximum absolute atomic E-state index is 13.2. The molecule has 0 aliphatic carbocycles. The smallest absolute Gasteiger partial charge is 0.332 e. The first-order chi connectivity index (χ1) is 15.4. The second-order valence-electron chi connectivity index (χ2n) is 8.50. The van der Waals surface area contributed by atoms with E-state index < -0.39 is 0 Å². The Kier molecular flexibility index (Phi) is 6.45. The molecule has 0 N–H and O–H groups in total. The van der Waals surface area contributed by atoms with Crippen molar-refractivity contribution in [3.63, 3.8) is 0 Å². The first-order valence-electron chi connectivity index (χ1n) is 11.3. The Morgan fingerprint density at radius 2 is 1.66 bits per heavy atom. The minimum Gasteiger partial charge on any atom is -0.369 e. The standard InChI is InChI=1S/C23H31FN6O2/c1-4-5-6-11-30-19(25-21-20(30)22(31)27(3)23(32)26(21)2)16-28-12-14-29(15-13-28)18-9-7-17(24)8-10-18/h7-10H,4-6,11-16H2,1-3H3. The van der Waals surface area contributed by atoms with Gasteiger partial charge in [-0.15, -0.1) is 0 Å². The Balaban J connectivity index is 1.58. The van der Waals surface area contributed by atoms with Crippen molar-refractivity contribution >= 4 is 16.9 Å². The number of halogens is 1. The summed E-state index contributed by atoms with van der Waals surface area (Å²) >= 11 is 0. The molecule has 0 bridgehead atoms. The summed E-state index contributed by atoms with van der Waals surface area (Å²) in [4.78, 5) is 34.6. The highest BCUT2D eigenvalue weighted by Gasteiger charge is 2.23. The number of anilines is 1. The van der Waals surface area contributed by atoms with Crippen LogP contribution in [0.5, 0.6) is 0 Å². The van der Waals surface area contributed by atoms with Crippen LogP contribution in [0.4, 0.5) is 10.1 Å². The molecule has 3 heterocycles. The third kappa shape index (κ3) is 4.21. The van der Waals surface area contributed by atoms with Crippen molar-refractivity contribution in [3.8, 4) is 0 Å². The number of hydrogen-bond acceptors (Lipinski definition) is 5. The van der Waals surface area contributed by atoms with Gasteiger partial charge < -0.3 is 9.47 Å². The molecule has 0 radical (unpaired) electrons. The van der Waals surface area contributed by atoms with Crippen LogP contribution in [0, 0.1) is 5.82 Å². The number of aromatic nitrogens is 4. The summed E-state index contributed by atoms with van der Waals surface area (Å²) in [5.74, 6) is 0.597. The molecule has 0 saturated carbocycles. The maximum Gasteiger partial charge on any atom is 0.332 e. The fourth-order valence-corrected chi connectivity index (χ4v) is 4.39. The SMILES string of the molecule is CCCCCn1c(CN2CCN(c3ccc(F)cc3)CC2)nc2c1c(=O)n(C)c(=O)n2C. The van der Waals surface area contributed by atoms with Crippen LogP contribution >= 0.6 is 0 Å². The van der Waals surface area contributed by atoms with Crippen LogP contribution in [-0.2, 0) is 27.2 Å². The van der Waals surface area contributed by atoms with E-state index in [-0.39, 0.29) is 17.1 Å². The number of imidazole rings is 1. The van der Waals surface area contributed by atoms with E-state index in [2.05, 4.69) is 16.7 Å². The minimum atomic E-state index is -0.361. The second kappa shape index (κ2) is 9.28. The van der Waals surface area contributed by atoms with Crippen LogP contribution in [0.1, 0.15) is 32.0 Å². The lowest BCUT2D eigenvalue weighted by molar-refractivity contribution is 0.241. The highest BCUT2D eigenvalue weighted by molar-refractivity contribution is 5.71. The third-order valence-electron chi connectivity index (χ3n) is 6.34. The molecule has 2 aromatic heterocycles. The number of nitrogens with zero attached hydrogens (tertiary/aromatic N) is 6. The van der Waals surface area contributed by atoms with Gasteiger partial charge in [-0.3, -0.25) is 18.8 Å². The summed E-state index contributed by atoms with van der Waals surface area (Å²) in [6, 6.07) is 6.61. The number of piperazine rings is 1. The molecule has 1 fully saturated rings. The quantitative estimate of drug-likeness (QED) is 0.524. The van der Waals surface area contributed by atoms with Gasteiger partial charge in [0.2, 0.25) is 0 Å². The Labute approximate surface area is 186 Å².